The van der Waals surface area contributed by atoms with Gasteiger partial charge in [0.25, 0.3) is 0 Å². The number of aromatic nitrogens is 1. The Morgan fingerprint density at radius 2 is 0.839 bits per heavy atom. The average Bonchev–Trinajstić information content (AvgIpc) is 3.36. The predicted molar refractivity (Wildman–Crippen MR) is 132 cm³/mol. The summed E-state index contributed by atoms with van der Waals surface area (Å²) < 4.78 is 2.44. The molecule has 0 spiro atoms. The van der Waals surface area contributed by atoms with Crippen molar-refractivity contribution in [3.8, 4) is 22.3 Å². The third-order valence-electron chi connectivity index (χ3n) is 6.53. The largest absolute Gasteiger partial charge is 0.308 e. The third-order valence-corrected chi connectivity index (χ3v) is 6.53. The van der Waals surface area contributed by atoms with Crippen molar-refractivity contribution in [2.75, 3.05) is 0 Å². The molecule has 0 bridgehead atoms. The number of fused-ring (bicyclic) bond motifs is 6. The van der Waals surface area contributed by atoms with Crippen LogP contribution in [0.5, 0.6) is 0 Å². The van der Waals surface area contributed by atoms with Crippen molar-refractivity contribution in [3.63, 3.8) is 0 Å². The SMILES string of the molecule is c1ccc(-c2ccc3c(c2)c2cccc4c5cc(-c6ccccc6)ccc5n3c24)cc1. The topological polar surface area (TPSA) is 4.41 Å². The number of rotatable bonds is 2. The van der Waals surface area contributed by atoms with Crippen LogP contribution >= 0.6 is 0 Å². The van der Waals surface area contributed by atoms with Gasteiger partial charge in [0.1, 0.15) is 0 Å². The van der Waals surface area contributed by atoms with E-state index in [9.17, 15) is 0 Å². The highest BCUT2D eigenvalue weighted by Gasteiger charge is 2.17. The molecule has 0 aliphatic carbocycles. The molecule has 0 atom stereocenters. The van der Waals surface area contributed by atoms with Crippen LogP contribution in [-0.2, 0) is 0 Å². The van der Waals surface area contributed by atoms with Crippen LogP contribution in [0.25, 0.3) is 60.3 Å². The van der Waals surface area contributed by atoms with E-state index in [1.807, 2.05) is 0 Å². The molecule has 0 saturated carbocycles. The summed E-state index contributed by atoms with van der Waals surface area (Å²) in [7, 11) is 0. The normalized spacial score (nSPS) is 11.9. The van der Waals surface area contributed by atoms with E-state index in [0.29, 0.717) is 0 Å². The molecule has 0 N–H and O–H groups in total. The van der Waals surface area contributed by atoms with Gasteiger partial charge in [-0.1, -0.05) is 91.0 Å². The third kappa shape index (κ3) is 2.32. The quantitative estimate of drug-likeness (QED) is 0.279. The molecule has 0 fully saturated rings. The Morgan fingerprint density at radius 3 is 1.32 bits per heavy atom. The fourth-order valence-corrected chi connectivity index (χ4v) is 5.10. The summed E-state index contributed by atoms with van der Waals surface area (Å²) in [5, 5.41) is 5.28. The van der Waals surface area contributed by atoms with Crippen molar-refractivity contribution in [2.45, 2.75) is 0 Å². The number of hydrogen-bond acceptors (Lipinski definition) is 0. The molecular weight excluding hydrogens is 374 g/mol. The number of para-hydroxylation sites is 1. The minimum Gasteiger partial charge on any atom is -0.308 e. The molecule has 144 valence electrons. The molecule has 0 radical (unpaired) electrons. The van der Waals surface area contributed by atoms with E-state index in [1.165, 1.54) is 60.3 Å². The first kappa shape index (κ1) is 16.7. The van der Waals surface area contributed by atoms with Crippen LogP contribution in [0.4, 0.5) is 0 Å². The molecule has 2 aromatic heterocycles. The Labute approximate surface area is 180 Å². The zero-order chi connectivity index (χ0) is 20.4. The molecule has 1 nitrogen and oxygen atoms in total. The zero-order valence-corrected chi connectivity index (χ0v) is 16.9. The molecule has 0 unspecified atom stereocenters. The molecule has 7 rings (SSSR count). The fraction of sp³-hybridized carbons (Fsp3) is 0. The highest BCUT2D eigenvalue weighted by Crippen LogP contribution is 2.41. The lowest BCUT2D eigenvalue weighted by Gasteiger charge is -2.05. The van der Waals surface area contributed by atoms with Crippen LogP contribution in [0.3, 0.4) is 0 Å². The van der Waals surface area contributed by atoms with Gasteiger partial charge in [-0.25, -0.2) is 0 Å². The van der Waals surface area contributed by atoms with E-state index in [0.717, 1.165) is 0 Å². The summed E-state index contributed by atoms with van der Waals surface area (Å²) in [4.78, 5) is 0. The Kier molecular flexibility index (Phi) is 3.33. The summed E-state index contributed by atoms with van der Waals surface area (Å²) in [5.41, 5.74) is 8.90. The van der Waals surface area contributed by atoms with Gasteiger partial charge < -0.3 is 4.40 Å². The van der Waals surface area contributed by atoms with Gasteiger partial charge in [0.15, 0.2) is 0 Å². The van der Waals surface area contributed by atoms with Crippen LogP contribution in [0.1, 0.15) is 0 Å². The molecular formula is C30H19N. The Morgan fingerprint density at radius 1 is 0.355 bits per heavy atom. The predicted octanol–water partition coefficient (Wildman–Crippen LogP) is 8.17. The molecule has 1 heteroatoms. The van der Waals surface area contributed by atoms with Gasteiger partial charge in [0.05, 0.1) is 16.6 Å². The van der Waals surface area contributed by atoms with Crippen LogP contribution in [-0.4, -0.2) is 4.40 Å². The van der Waals surface area contributed by atoms with Crippen molar-refractivity contribution in [2.24, 2.45) is 0 Å². The molecule has 0 aliphatic heterocycles. The van der Waals surface area contributed by atoms with Crippen LogP contribution in [0, 0.1) is 0 Å². The van der Waals surface area contributed by atoms with Gasteiger partial charge in [0, 0.05) is 21.5 Å². The van der Waals surface area contributed by atoms with E-state index in [4.69, 9.17) is 0 Å². The van der Waals surface area contributed by atoms with Gasteiger partial charge >= 0.3 is 0 Å². The van der Waals surface area contributed by atoms with Crippen molar-refractivity contribution < 1.29 is 0 Å². The van der Waals surface area contributed by atoms with Crippen LogP contribution in [0.15, 0.2) is 115 Å². The van der Waals surface area contributed by atoms with E-state index in [2.05, 4.69) is 120 Å². The number of hydrogen-bond donors (Lipinski definition) is 0. The smallest absolute Gasteiger partial charge is 0.0620 e. The maximum Gasteiger partial charge on any atom is 0.0620 e. The Hall–Kier alpha value is -4.10. The molecule has 5 aromatic carbocycles. The first-order valence-corrected chi connectivity index (χ1v) is 10.7. The zero-order valence-electron chi connectivity index (χ0n) is 16.9. The maximum absolute atomic E-state index is 2.44. The van der Waals surface area contributed by atoms with Crippen molar-refractivity contribution in [1.29, 1.82) is 0 Å². The first-order chi connectivity index (χ1) is 15.4. The highest BCUT2D eigenvalue weighted by molar-refractivity contribution is 6.23. The van der Waals surface area contributed by atoms with Gasteiger partial charge in [-0.2, -0.15) is 0 Å². The second-order valence-corrected chi connectivity index (χ2v) is 8.23. The van der Waals surface area contributed by atoms with Crippen LogP contribution < -0.4 is 0 Å². The van der Waals surface area contributed by atoms with Crippen molar-refractivity contribution in [1.82, 2.24) is 4.40 Å². The summed E-state index contributed by atoms with van der Waals surface area (Å²) in [6.07, 6.45) is 0. The number of benzene rings is 5. The summed E-state index contributed by atoms with van der Waals surface area (Å²) in [6, 6.07) is 41.7. The fourth-order valence-electron chi connectivity index (χ4n) is 5.10. The molecule has 31 heavy (non-hydrogen) atoms. The summed E-state index contributed by atoms with van der Waals surface area (Å²) in [6.45, 7) is 0. The molecule has 7 aromatic rings. The minimum atomic E-state index is 1.26. The second-order valence-electron chi connectivity index (χ2n) is 8.23. The van der Waals surface area contributed by atoms with Crippen molar-refractivity contribution >= 4 is 38.1 Å². The van der Waals surface area contributed by atoms with Crippen molar-refractivity contribution in [3.05, 3.63) is 115 Å². The lowest BCUT2D eigenvalue weighted by Crippen LogP contribution is -1.83. The lowest BCUT2D eigenvalue weighted by molar-refractivity contribution is 1.37. The van der Waals surface area contributed by atoms with Gasteiger partial charge in [0.2, 0.25) is 0 Å². The average molecular weight is 393 g/mol. The van der Waals surface area contributed by atoms with Crippen LogP contribution in [0.2, 0.25) is 0 Å². The maximum atomic E-state index is 2.44. The van der Waals surface area contributed by atoms with Gasteiger partial charge in [-0.05, 0) is 46.5 Å². The highest BCUT2D eigenvalue weighted by atomic mass is 14.9. The summed E-state index contributed by atoms with van der Waals surface area (Å²) >= 11 is 0. The van der Waals surface area contributed by atoms with Gasteiger partial charge in [-0.3, -0.25) is 0 Å². The second kappa shape index (κ2) is 6.20. The Balaban J connectivity index is 1.56. The first-order valence-electron chi connectivity index (χ1n) is 10.7. The minimum absolute atomic E-state index is 1.26. The molecule has 0 saturated heterocycles. The van der Waals surface area contributed by atoms with E-state index < -0.39 is 0 Å². The monoisotopic (exact) mass is 393 g/mol. The van der Waals surface area contributed by atoms with E-state index in [-0.39, 0.29) is 0 Å². The standard InChI is InChI=1S/C30H19N/c1-3-8-20(9-4-1)22-14-16-28-26(18-22)24-12-7-13-25-27-19-23(21-10-5-2-6-11-21)15-17-29(27)31(28)30(24)25/h1-19H. The van der Waals surface area contributed by atoms with Gasteiger partial charge in [-0.15, -0.1) is 0 Å². The number of nitrogens with zero attached hydrogens (tertiary/aromatic N) is 1. The van der Waals surface area contributed by atoms with E-state index >= 15 is 0 Å². The Bertz CT molecular complexity index is 1580. The van der Waals surface area contributed by atoms with E-state index in [1.54, 1.807) is 0 Å². The molecule has 2 heterocycles. The molecule has 0 amide bonds. The molecule has 0 aliphatic rings. The summed E-state index contributed by atoms with van der Waals surface area (Å²) in [5.74, 6) is 0. The lowest BCUT2D eigenvalue weighted by atomic mass is 10.0.